The average molecular weight is 366 g/mol. The minimum absolute atomic E-state index is 0.193. The summed E-state index contributed by atoms with van der Waals surface area (Å²) in [5.74, 6) is 0.550. The summed E-state index contributed by atoms with van der Waals surface area (Å²) in [5, 5.41) is 8.84. The van der Waals surface area contributed by atoms with Gasteiger partial charge in [-0.05, 0) is 37.8 Å². The van der Waals surface area contributed by atoms with E-state index in [2.05, 4.69) is 30.4 Å². The molecule has 4 aromatic heterocycles. The molecule has 0 unspecified atom stereocenters. The summed E-state index contributed by atoms with van der Waals surface area (Å²) in [6, 6.07) is 4.04. The molecule has 0 bridgehead atoms. The molecule has 0 atom stereocenters. The van der Waals surface area contributed by atoms with Crippen LogP contribution in [-0.4, -0.2) is 48.7 Å². The van der Waals surface area contributed by atoms with Crippen molar-refractivity contribution in [3.8, 4) is 11.3 Å². The number of hydrogen-bond donors (Lipinski definition) is 2. The monoisotopic (exact) mass is 366 g/mol. The lowest BCUT2D eigenvalue weighted by atomic mass is 9.93. The van der Waals surface area contributed by atoms with Gasteiger partial charge in [-0.15, -0.1) is 0 Å². The van der Waals surface area contributed by atoms with Crippen LogP contribution in [0.1, 0.15) is 29.8 Å². The first-order valence-electron chi connectivity index (χ1n) is 10.5. The highest BCUT2D eigenvalue weighted by atomic mass is 16.5. The molecular formula is C19H21N7O. The second-order valence-electron chi connectivity index (χ2n) is 6.84. The molecule has 0 amide bonds. The summed E-state index contributed by atoms with van der Waals surface area (Å²) in [6.45, 7) is 0. The average Bonchev–Trinajstić information content (AvgIpc) is 3.34. The molecule has 1 aliphatic rings. The van der Waals surface area contributed by atoms with Gasteiger partial charge in [-0.3, -0.25) is 0 Å². The molecule has 0 saturated heterocycles. The van der Waals surface area contributed by atoms with Crippen molar-refractivity contribution < 1.29 is 8.85 Å². The van der Waals surface area contributed by atoms with Crippen LogP contribution >= 0.6 is 0 Å². The summed E-state index contributed by atoms with van der Waals surface area (Å²) in [5.41, 5.74) is 3.26. The molecule has 4 heterocycles. The standard InChI is InChI=1S/C19H21N7O/c1-27-13-4-2-12(3-5-13)23-19-22-11-15-14(10-21-18(15)24-19)16-6-7-17-20-8-9-26(17)25-16/h6-13H,2-5H2,1H3,(H2,21,22,23,24)/t12-,13+/i1D3. The number of ether oxygens (including phenoxy) is 1. The minimum Gasteiger partial charge on any atom is -0.381 e. The lowest BCUT2D eigenvalue weighted by Crippen LogP contribution is -2.29. The fraction of sp³-hybridized carbons (Fsp3) is 0.368. The zero-order chi connectivity index (χ0) is 20.7. The predicted molar refractivity (Wildman–Crippen MR) is 103 cm³/mol. The van der Waals surface area contributed by atoms with E-state index < -0.39 is 7.04 Å². The Labute approximate surface area is 160 Å². The fourth-order valence-corrected chi connectivity index (χ4v) is 3.66. The number of hydrogen-bond acceptors (Lipinski definition) is 6. The molecule has 5 rings (SSSR count). The number of aromatic amines is 1. The van der Waals surface area contributed by atoms with Crippen molar-refractivity contribution in [2.45, 2.75) is 37.8 Å². The van der Waals surface area contributed by atoms with Gasteiger partial charge < -0.3 is 15.0 Å². The Morgan fingerprint density at radius 2 is 2.19 bits per heavy atom. The summed E-state index contributed by atoms with van der Waals surface area (Å²) in [7, 11) is -2.33. The molecule has 0 aromatic carbocycles. The molecule has 0 spiro atoms. The van der Waals surface area contributed by atoms with Gasteiger partial charge in [-0.2, -0.15) is 10.1 Å². The van der Waals surface area contributed by atoms with E-state index in [1.807, 2.05) is 24.5 Å². The normalized spacial score (nSPS) is 22.4. The summed E-state index contributed by atoms with van der Waals surface area (Å²) in [6.07, 6.45) is 10.0. The van der Waals surface area contributed by atoms with Crippen LogP contribution in [0.4, 0.5) is 5.95 Å². The molecule has 0 radical (unpaired) electrons. The van der Waals surface area contributed by atoms with Crippen molar-refractivity contribution in [3.05, 3.63) is 36.9 Å². The molecule has 0 aliphatic heterocycles. The van der Waals surface area contributed by atoms with Crippen LogP contribution < -0.4 is 5.32 Å². The Bertz CT molecular complexity index is 1180. The Morgan fingerprint density at radius 3 is 3.07 bits per heavy atom. The topological polar surface area (TPSA) is 93.0 Å². The fourth-order valence-electron chi connectivity index (χ4n) is 3.66. The van der Waals surface area contributed by atoms with Crippen molar-refractivity contribution in [3.63, 3.8) is 0 Å². The predicted octanol–water partition coefficient (Wildman–Crippen LogP) is 3.04. The van der Waals surface area contributed by atoms with Crippen molar-refractivity contribution in [1.82, 2.24) is 29.5 Å². The van der Waals surface area contributed by atoms with Gasteiger partial charge in [0.15, 0.2) is 5.65 Å². The van der Waals surface area contributed by atoms with Gasteiger partial charge in [0.25, 0.3) is 0 Å². The number of H-pyrrole nitrogens is 1. The van der Waals surface area contributed by atoms with E-state index in [9.17, 15) is 0 Å². The van der Waals surface area contributed by atoms with Crippen LogP contribution in [-0.2, 0) is 4.74 Å². The molecule has 8 heteroatoms. The molecule has 1 aliphatic carbocycles. The lowest BCUT2D eigenvalue weighted by Gasteiger charge is -2.28. The minimum atomic E-state index is -2.33. The molecule has 138 valence electrons. The Kier molecular flexibility index (Phi) is 3.24. The molecule has 2 N–H and O–H groups in total. The maximum atomic E-state index is 7.23. The number of aromatic nitrogens is 6. The largest absolute Gasteiger partial charge is 0.381 e. The van der Waals surface area contributed by atoms with E-state index in [4.69, 9.17) is 8.85 Å². The molecule has 8 nitrogen and oxygen atoms in total. The third kappa shape index (κ3) is 3.02. The number of rotatable bonds is 4. The number of methoxy groups -OCH3 is 1. The van der Waals surface area contributed by atoms with E-state index >= 15 is 0 Å². The molecule has 1 fully saturated rings. The van der Waals surface area contributed by atoms with Crippen LogP contribution in [0.3, 0.4) is 0 Å². The van der Waals surface area contributed by atoms with E-state index in [-0.39, 0.29) is 12.1 Å². The highest BCUT2D eigenvalue weighted by Crippen LogP contribution is 2.27. The van der Waals surface area contributed by atoms with Gasteiger partial charge in [0.1, 0.15) is 5.65 Å². The van der Waals surface area contributed by atoms with E-state index in [0.717, 1.165) is 40.8 Å². The Balaban J connectivity index is 1.29. The number of imidazole rings is 1. The number of nitrogens with zero attached hydrogens (tertiary/aromatic N) is 5. The lowest BCUT2D eigenvalue weighted by molar-refractivity contribution is 0.0681. The van der Waals surface area contributed by atoms with E-state index in [0.29, 0.717) is 18.8 Å². The summed E-state index contributed by atoms with van der Waals surface area (Å²) < 4.78 is 28.6. The maximum absolute atomic E-state index is 7.23. The SMILES string of the molecule is [2H]C([2H])([2H])O[C@H]1CC[C@@H](Nc2ncc3c(-c4ccc5nccn5n4)c[nH]c3n2)CC1. The van der Waals surface area contributed by atoms with Crippen LogP contribution in [0, 0.1) is 0 Å². The van der Waals surface area contributed by atoms with Crippen molar-refractivity contribution >= 4 is 22.6 Å². The third-order valence-corrected chi connectivity index (χ3v) is 5.14. The van der Waals surface area contributed by atoms with Gasteiger partial charge in [0, 0.05) is 48.8 Å². The molecule has 4 aromatic rings. The zero-order valence-corrected chi connectivity index (χ0v) is 14.6. The number of nitrogens with one attached hydrogen (secondary N) is 2. The molecule has 27 heavy (non-hydrogen) atoms. The first kappa shape index (κ1) is 13.2. The zero-order valence-electron chi connectivity index (χ0n) is 17.6. The van der Waals surface area contributed by atoms with E-state index in [1.165, 1.54) is 0 Å². The first-order valence-corrected chi connectivity index (χ1v) is 9.04. The highest BCUT2D eigenvalue weighted by Gasteiger charge is 2.21. The first-order chi connectivity index (χ1) is 14.4. The highest BCUT2D eigenvalue weighted by molar-refractivity contribution is 5.92. The second kappa shape index (κ2) is 6.62. The Morgan fingerprint density at radius 1 is 1.26 bits per heavy atom. The van der Waals surface area contributed by atoms with Gasteiger partial charge in [0.2, 0.25) is 5.95 Å². The van der Waals surface area contributed by atoms with Crippen LogP contribution in [0.2, 0.25) is 0 Å². The van der Waals surface area contributed by atoms with Crippen molar-refractivity contribution in [1.29, 1.82) is 0 Å². The second-order valence-corrected chi connectivity index (χ2v) is 6.84. The smallest absolute Gasteiger partial charge is 0.224 e. The summed E-state index contributed by atoms with van der Waals surface area (Å²) in [4.78, 5) is 16.5. The number of anilines is 1. The number of fused-ring (bicyclic) bond motifs is 2. The third-order valence-electron chi connectivity index (χ3n) is 5.14. The van der Waals surface area contributed by atoms with E-state index in [1.54, 1.807) is 16.9 Å². The van der Waals surface area contributed by atoms with Crippen LogP contribution in [0.15, 0.2) is 36.9 Å². The van der Waals surface area contributed by atoms with Gasteiger partial charge in [-0.25, -0.2) is 14.5 Å². The van der Waals surface area contributed by atoms with Crippen molar-refractivity contribution in [2.24, 2.45) is 0 Å². The summed E-state index contributed by atoms with van der Waals surface area (Å²) >= 11 is 0. The van der Waals surface area contributed by atoms with Gasteiger partial charge in [-0.1, -0.05) is 0 Å². The Hall–Kier alpha value is -3.00. The maximum Gasteiger partial charge on any atom is 0.224 e. The van der Waals surface area contributed by atoms with Crippen LogP contribution in [0.5, 0.6) is 0 Å². The van der Waals surface area contributed by atoms with Gasteiger partial charge >= 0.3 is 0 Å². The quantitative estimate of drug-likeness (QED) is 0.577. The molecule has 1 saturated carbocycles. The van der Waals surface area contributed by atoms with Gasteiger partial charge in [0.05, 0.1) is 15.9 Å². The van der Waals surface area contributed by atoms with Crippen molar-refractivity contribution in [2.75, 3.05) is 12.4 Å². The van der Waals surface area contributed by atoms with Crippen LogP contribution in [0.25, 0.3) is 27.9 Å². The molecular weight excluding hydrogens is 342 g/mol.